The molecule has 0 spiro atoms. The summed E-state index contributed by atoms with van der Waals surface area (Å²) in [6.07, 6.45) is 3.73. The van der Waals surface area contributed by atoms with Crippen molar-refractivity contribution < 1.29 is 4.74 Å². The Bertz CT molecular complexity index is 693. The molecule has 4 heteroatoms. The number of benzene rings is 1. The van der Waals surface area contributed by atoms with E-state index in [1.807, 2.05) is 18.2 Å². The highest BCUT2D eigenvalue weighted by molar-refractivity contribution is 6.30. The number of ether oxygens (including phenoxy) is 1. The molecule has 104 valence electrons. The Kier molecular flexibility index (Phi) is 3.64. The first-order valence-electron chi connectivity index (χ1n) is 6.79. The normalized spacial score (nSPS) is 17.8. The van der Waals surface area contributed by atoms with Gasteiger partial charge in [0.25, 0.3) is 0 Å². The fourth-order valence-corrected chi connectivity index (χ4v) is 2.80. The van der Waals surface area contributed by atoms with E-state index in [-0.39, 0.29) is 11.7 Å². The van der Waals surface area contributed by atoms with Crippen LogP contribution < -0.4 is 5.56 Å². The maximum absolute atomic E-state index is 11.6. The first kappa shape index (κ1) is 13.4. The van der Waals surface area contributed by atoms with Gasteiger partial charge in [0.1, 0.15) is 0 Å². The van der Waals surface area contributed by atoms with Crippen LogP contribution in [0.25, 0.3) is 11.1 Å². The van der Waals surface area contributed by atoms with E-state index in [1.54, 1.807) is 12.3 Å². The number of pyridine rings is 1. The van der Waals surface area contributed by atoms with Crippen molar-refractivity contribution in [3.05, 3.63) is 57.0 Å². The quantitative estimate of drug-likeness (QED) is 0.872. The SMILES string of the molecule is CCC1Cc2ccc(Cl)cc2-c2cc(=O)[nH]cc2CO1. The number of hydrogen-bond donors (Lipinski definition) is 1. The molecule has 0 saturated heterocycles. The van der Waals surface area contributed by atoms with Gasteiger partial charge in [0.15, 0.2) is 0 Å². The zero-order chi connectivity index (χ0) is 14.1. The third kappa shape index (κ3) is 2.51. The molecule has 1 atom stereocenters. The predicted octanol–water partition coefficient (Wildman–Crippen LogP) is 3.55. The molecule has 3 rings (SSSR count). The first-order chi connectivity index (χ1) is 9.67. The number of H-pyrrole nitrogens is 1. The summed E-state index contributed by atoms with van der Waals surface area (Å²) in [4.78, 5) is 14.3. The standard InChI is InChI=1S/C16H16ClNO2/c1-2-13-5-10-3-4-12(17)6-14(10)15-7-16(19)18-8-11(15)9-20-13/h3-4,6-8,13H,2,5,9H2,1H3,(H,18,19). The molecule has 2 aromatic rings. The largest absolute Gasteiger partial charge is 0.373 e. The van der Waals surface area contributed by atoms with Crippen molar-refractivity contribution in [3.8, 4) is 11.1 Å². The molecule has 20 heavy (non-hydrogen) atoms. The molecule has 1 aromatic carbocycles. The lowest BCUT2D eigenvalue weighted by Gasteiger charge is -2.23. The summed E-state index contributed by atoms with van der Waals surface area (Å²) >= 11 is 6.13. The van der Waals surface area contributed by atoms with Gasteiger partial charge in [-0.3, -0.25) is 4.79 Å². The Labute approximate surface area is 122 Å². The van der Waals surface area contributed by atoms with Gasteiger partial charge in [0.2, 0.25) is 5.56 Å². The van der Waals surface area contributed by atoms with Gasteiger partial charge in [-0.2, -0.15) is 0 Å². The van der Waals surface area contributed by atoms with Gasteiger partial charge in [0, 0.05) is 22.8 Å². The Morgan fingerprint density at radius 2 is 2.10 bits per heavy atom. The summed E-state index contributed by atoms with van der Waals surface area (Å²) < 4.78 is 5.93. The van der Waals surface area contributed by atoms with E-state index >= 15 is 0 Å². The van der Waals surface area contributed by atoms with Crippen LogP contribution in [0.15, 0.2) is 35.3 Å². The van der Waals surface area contributed by atoms with E-state index in [0.717, 1.165) is 29.5 Å². The number of rotatable bonds is 1. The lowest BCUT2D eigenvalue weighted by Crippen LogP contribution is -2.19. The molecular formula is C16H16ClNO2. The zero-order valence-electron chi connectivity index (χ0n) is 11.3. The average molecular weight is 290 g/mol. The third-order valence-electron chi connectivity index (χ3n) is 3.75. The van der Waals surface area contributed by atoms with Gasteiger partial charge in [-0.15, -0.1) is 0 Å². The molecule has 1 unspecified atom stereocenters. The van der Waals surface area contributed by atoms with Gasteiger partial charge in [-0.1, -0.05) is 24.6 Å². The van der Waals surface area contributed by atoms with Crippen molar-refractivity contribution in [2.45, 2.75) is 32.5 Å². The van der Waals surface area contributed by atoms with Crippen molar-refractivity contribution in [3.63, 3.8) is 0 Å². The van der Waals surface area contributed by atoms with Gasteiger partial charge in [-0.25, -0.2) is 0 Å². The number of halogens is 1. The predicted molar refractivity (Wildman–Crippen MR) is 80.1 cm³/mol. The summed E-state index contributed by atoms with van der Waals surface area (Å²) in [5.74, 6) is 0. The van der Waals surface area contributed by atoms with Gasteiger partial charge >= 0.3 is 0 Å². The smallest absolute Gasteiger partial charge is 0.248 e. The topological polar surface area (TPSA) is 42.1 Å². The average Bonchev–Trinajstić information content (AvgIpc) is 2.44. The van der Waals surface area contributed by atoms with Crippen molar-refractivity contribution in [1.29, 1.82) is 0 Å². The minimum Gasteiger partial charge on any atom is -0.373 e. The molecule has 0 aliphatic carbocycles. The second-order valence-electron chi connectivity index (χ2n) is 5.08. The van der Waals surface area contributed by atoms with Crippen LogP contribution in [0.2, 0.25) is 5.02 Å². The summed E-state index contributed by atoms with van der Waals surface area (Å²) in [5.41, 5.74) is 4.02. The van der Waals surface area contributed by atoms with Crippen LogP contribution in [0.5, 0.6) is 0 Å². The van der Waals surface area contributed by atoms with Crippen LogP contribution in [-0.2, 0) is 17.8 Å². The Morgan fingerprint density at radius 1 is 1.30 bits per heavy atom. The minimum atomic E-state index is -0.109. The van der Waals surface area contributed by atoms with Gasteiger partial charge in [0.05, 0.1) is 12.7 Å². The number of hydrogen-bond acceptors (Lipinski definition) is 2. The molecule has 1 aliphatic rings. The monoisotopic (exact) mass is 289 g/mol. The van der Waals surface area contributed by atoms with E-state index in [0.29, 0.717) is 11.6 Å². The maximum Gasteiger partial charge on any atom is 0.248 e. The van der Waals surface area contributed by atoms with E-state index in [1.165, 1.54) is 5.56 Å². The Balaban J connectivity index is 2.22. The summed E-state index contributed by atoms with van der Waals surface area (Å²) in [6.45, 7) is 2.63. The Hall–Kier alpha value is -1.58. The molecular weight excluding hydrogens is 274 g/mol. The highest BCUT2D eigenvalue weighted by Crippen LogP contribution is 2.32. The van der Waals surface area contributed by atoms with E-state index in [4.69, 9.17) is 16.3 Å². The molecule has 1 aliphatic heterocycles. The van der Waals surface area contributed by atoms with Crippen LogP contribution in [0.1, 0.15) is 24.5 Å². The molecule has 1 aromatic heterocycles. The molecule has 1 N–H and O–H groups in total. The van der Waals surface area contributed by atoms with E-state index in [9.17, 15) is 4.79 Å². The fraction of sp³-hybridized carbons (Fsp3) is 0.312. The fourth-order valence-electron chi connectivity index (χ4n) is 2.62. The van der Waals surface area contributed by atoms with Crippen LogP contribution in [0, 0.1) is 0 Å². The van der Waals surface area contributed by atoms with E-state index < -0.39 is 0 Å². The van der Waals surface area contributed by atoms with Crippen LogP contribution >= 0.6 is 11.6 Å². The molecule has 2 heterocycles. The zero-order valence-corrected chi connectivity index (χ0v) is 12.0. The Morgan fingerprint density at radius 3 is 2.90 bits per heavy atom. The highest BCUT2D eigenvalue weighted by atomic mass is 35.5. The minimum absolute atomic E-state index is 0.109. The number of nitrogens with one attached hydrogen (secondary N) is 1. The van der Waals surface area contributed by atoms with Crippen molar-refractivity contribution in [1.82, 2.24) is 4.98 Å². The highest BCUT2D eigenvalue weighted by Gasteiger charge is 2.19. The van der Waals surface area contributed by atoms with Crippen molar-refractivity contribution >= 4 is 11.6 Å². The number of fused-ring (bicyclic) bond motifs is 3. The van der Waals surface area contributed by atoms with Gasteiger partial charge < -0.3 is 9.72 Å². The first-order valence-corrected chi connectivity index (χ1v) is 7.17. The van der Waals surface area contributed by atoms with Crippen molar-refractivity contribution in [2.75, 3.05) is 0 Å². The van der Waals surface area contributed by atoms with Crippen LogP contribution in [0.4, 0.5) is 0 Å². The second-order valence-corrected chi connectivity index (χ2v) is 5.52. The third-order valence-corrected chi connectivity index (χ3v) is 3.98. The van der Waals surface area contributed by atoms with Crippen molar-refractivity contribution in [2.24, 2.45) is 0 Å². The number of aromatic nitrogens is 1. The molecule has 0 bridgehead atoms. The lowest BCUT2D eigenvalue weighted by atomic mass is 9.92. The molecule has 0 fully saturated rings. The van der Waals surface area contributed by atoms with Crippen LogP contribution in [-0.4, -0.2) is 11.1 Å². The molecule has 0 amide bonds. The van der Waals surface area contributed by atoms with Crippen LogP contribution in [0.3, 0.4) is 0 Å². The molecule has 3 nitrogen and oxygen atoms in total. The van der Waals surface area contributed by atoms with Gasteiger partial charge in [-0.05, 0) is 41.7 Å². The summed E-state index contributed by atoms with van der Waals surface area (Å²) in [7, 11) is 0. The second kappa shape index (κ2) is 5.43. The molecule has 0 radical (unpaired) electrons. The molecule has 0 saturated carbocycles. The lowest BCUT2D eigenvalue weighted by molar-refractivity contribution is 0.0378. The maximum atomic E-state index is 11.6. The number of aromatic amines is 1. The summed E-state index contributed by atoms with van der Waals surface area (Å²) in [6, 6.07) is 7.48. The summed E-state index contributed by atoms with van der Waals surface area (Å²) in [5, 5.41) is 0.685. The van der Waals surface area contributed by atoms with E-state index in [2.05, 4.69) is 11.9 Å².